The quantitative estimate of drug-likeness (QED) is 0.419. The fraction of sp³-hybridized carbons (Fsp3) is 0.867. The van der Waals surface area contributed by atoms with Crippen LogP contribution in [-0.2, 0) is 9.59 Å². The highest BCUT2D eigenvalue weighted by molar-refractivity contribution is 5.85. The van der Waals surface area contributed by atoms with Gasteiger partial charge in [-0.1, -0.05) is 60.1 Å². The molecular weight excluding hydrogens is 408 g/mol. The van der Waals surface area contributed by atoms with Crippen molar-refractivity contribution in [3.05, 3.63) is 11.6 Å². The van der Waals surface area contributed by atoms with E-state index in [-0.39, 0.29) is 33.0 Å². The molecule has 0 heterocycles. The molecule has 33 heavy (non-hydrogen) atoms. The number of carboxylic acid groups (broad SMARTS) is 1. The van der Waals surface area contributed by atoms with Gasteiger partial charge in [-0.15, -0.1) is 0 Å². The van der Waals surface area contributed by atoms with Crippen molar-refractivity contribution in [2.45, 2.75) is 113 Å². The van der Waals surface area contributed by atoms with E-state index < -0.39 is 11.4 Å². The molecule has 0 aromatic rings. The van der Waals surface area contributed by atoms with Crippen molar-refractivity contribution in [3.8, 4) is 0 Å². The number of Topliss-reactive ketones (excluding diaryl/α,β-unsaturated/α-hetero) is 1. The molecule has 0 aliphatic heterocycles. The maximum Gasteiger partial charge on any atom is 0.310 e. The molecule has 0 spiro atoms. The van der Waals surface area contributed by atoms with Crippen LogP contribution >= 0.6 is 0 Å². The molecule has 0 aromatic heterocycles. The van der Waals surface area contributed by atoms with Gasteiger partial charge in [-0.05, 0) is 97.2 Å². The van der Waals surface area contributed by atoms with Crippen LogP contribution in [0.3, 0.4) is 0 Å². The third-order valence-electron chi connectivity index (χ3n) is 12.8. The van der Waals surface area contributed by atoms with E-state index in [9.17, 15) is 14.7 Å². The van der Waals surface area contributed by atoms with E-state index in [0.717, 1.165) is 57.8 Å². The molecule has 5 aliphatic rings. The topological polar surface area (TPSA) is 54.4 Å². The summed E-state index contributed by atoms with van der Waals surface area (Å²) in [6.45, 7) is 16.6. The molecule has 0 amide bonds. The number of allylic oxidation sites excluding steroid dienone is 2. The zero-order valence-electron chi connectivity index (χ0n) is 22.1. The smallest absolute Gasteiger partial charge is 0.310 e. The Morgan fingerprint density at radius 2 is 1.58 bits per heavy atom. The van der Waals surface area contributed by atoms with Crippen molar-refractivity contribution in [1.82, 2.24) is 0 Å². The Kier molecular flexibility index (Phi) is 4.83. The van der Waals surface area contributed by atoms with Crippen molar-refractivity contribution in [2.24, 2.45) is 50.2 Å². The van der Waals surface area contributed by atoms with E-state index in [2.05, 4.69) is 54.5 Å². The minimum atomic E-state index is -0.565. The third-order valence-corrected chi connectivity index (χ3v) is 12.8. The summed E-state index contributed by atoms with van der Waals surface area (Å²) in [6.07, 6.45) is 12.3. The summed E-state index contributed by atoms with van der Waals surface area (Å²) in [5.74, 6) is 1.10. The van der Waals surface area contributed by atoms with Crippen LogP contribution in [0.2, 0.25) is 0 Å². The Morgan fingerprint density at radius 3 is 2.24 bits per heavy atom. The molecule has 5 rings (SSSR count). The van der Waals surface area contributed by atoms with Gasteiger partial charge >= 0.3 is 5.97 Å². The Morgan fingerprint density at radius 1 is 0.909 bits per heavy atom. The zero-order valence-corrected chi connectivity index (χ0v) is 22.1. The minimum Gasteiger partial charge on any atom is -0.481 e. The number of fused-ring (bicyclic) bond motifs is 7. The van der Waals surface area contributed by atoms with Crippen LogP contribution in [0.5, 0.6) is 0 Å². The number of aliphatic carboxylic acids is 1. The van der Waals surface area contributed by atoms with Crippen molar-refractivity contribution >= 4 is 11.8 Å². The normalized spacial score (nSPS) is 50.2. The molecule has 2 unspecified atom stereocenters. The summed E-state index contributed by atoms with van der Waals surface area (Å²) in [6, 6.07) is 0. The van der Waals surface area contributed by atoms with E-state index in [1.54, 1.807) is 0 Å². The van der Waals surface area contributed by atoms with Gasteiger partial charge in [-0.3, -0.25) is 9.59 Å². The molecule has 1 N–H and O–H groups in total. The molecule has 184 valence electrons. The Labute approximate surface area is 201 Å². The standard InChI is InChI=1S/C30H46O3/c1-25(2)14-16-30(24(32)33)17-15-28(6)19(20(30)18-25)8-9-22-27(5)12-11-23(31)26(3,4)21(27)10-13-29(22,28)7/h8,20-22H,9-18H2,1-7H3,(H,32,33)/t20-,21?,22?,27-,28-,29+,30-/m0/s1. The number of carbonyl (C=O) groups excluding carboxylic acids is 1. The zero-order chi connectivity index (χ0) is 24.2. The van der Waals surface area contributed by atoms with E-state index in [1.165, 1.54) is 12.0 Å². The maximum atomic E-state index is 12.9. The van der Waals surface area contributed by atoms with Crippen LogP contribution < -0.4 is 0 Å². The lowest BCUT2D eigenvalue weighted by Crippen LogP contribution is -2.64. The number of ketones is 1. The van der Waals surface area contributed by atoms with E-state index >= 15 is 0 Å². The average Bonchev–Trinajstić information content (AvgIpc) is 2.71. The van der Waals surface area contributed by atoms with Crippen LogP contribution in [0.25, 0.3) is 0 Å². The second-order valence-corrected chi connectivity index (χ2v) is 14.8. The molecule has 3 heteroatoms. The Bertz CT molecular complexity index is 927. The lowest BCUT2D eigenvalue weighted by atomic mass is 9.33. The fourth-order valence-electron chi connectivity index (χ4n) is 10.4. The number of hydrogen-bond acceptors (Lipinski definition) is 2. The second-order valence-electron chi connectivity index (χ2n) is 14.8. The minimum absolute atomic E-state index is 0.0620. The van der Waals surface area contributed by atoms with Gasteiger partial charge in [0.25, 0.3) is 0 Å². The van der Waals surface area contributed by atoms with Crippen molar-refractivity contribution in [3.63, 3.8) is 0 Å². The average molecular weight is 455 g/mol. The number of carbonyl (C=O) groups is 2. The van der Waals surface area contributed by atoms with E-state index in [0.29, 0.717) is 17.6 Å². The highest BCUT2D eigenvalue weighted by atomic mass is 16.4. The van der Waals surface area contributed by atoms with Gasteiger partial charge in [-0.2, -0.15) is 0 Å². The monoisotopic (exact) mass is 454 g/mol. The number of rotatable bonds is 1. The molecule has 7 atom stereocenters. The molecule has 0 aromatic carbocycles. The van der Waals surface area contributed by atoms with Gasteiger partial charge in [-0.25, -0.2) is 0 Å². The summed E-state index contributed by atoms with van der Waals surface area (Å²) in [5, 5.41) is 10.5. The molecule has 4 fully saturated rings. The molecule has 0 bridgehead atoms. The van der Waals surface area contributed by atoms with Gasteiger partial charge in [0.05, 0.1) is 5.41 Å². The second kappa shape index (κ2) is 6.76. The molecular formula is C30H46O3. The summed E-state index contributed by atoms with van der Waals surface area (Å²) in [4.78, 5) is 25.6. The van der Waals surface area contributed by atoms with Crippen LogP contribution in [-0.4, -0.2) is 16.9 Å². The molecule has 5 aliphatic carbocycles. The van der Waals surface area contributed by atoms with Gasteiger partial charge in [0, 0.05) is 11.8 Å². The lowest BCUT2D eigenvalue weighted by Gasteiger charge is -2.70. The van der Waals surface area contributed by atoms with Crippen molar-refractivity contribution in [2.75, 3.05) is 0 Å². The number of hydrogen-bond donors (Lipinski definition) is 1. The predicted octanol–water partition coefficient (Wildman–Crippen LogP) is 7.44. The van der Waals surface area contributed by atoms with Crippen LogP contribution in [0.4, 0.5) is 0 Å². The van der Waals surface area contributed by atoms with Gasteiger partial charge < -0.3 is 5.11 Å². The third kappa shape index (κ3) is 2.80. The SMILES string of the molecule is CC1(C)CC[C@]2(C(=O)O)CC[C@@]3(C)C(=CCC4[C@@]5(C)CCC(=O)C(C)(C)C5CC[C@]43C)[C@@H]2C1. The van der Waals surface area contributed by atoms with E-state index in [1.807, 2.05) is 0 Å². The fourth-order valence-corrected chi connectivity index (χ4v) is 10.4. The van der Waals surface area contributed by atoms with Crippen LogP contribution in [0, 0.1) is 50.2 Å². The van der Waals surface area contributed by atoms with Crippen molar-refractivity contribution < 1.29 is 14.7 Å². The summed E-state index contributed by atoms with van der Waals surface area (Å²) in [5.41, 5.74) is 1.33. The largest absolute Gasteiger partial charge is 0.481 e. The summed E-state index contributed by atoms with van der Waals surface area (Å²) in [7, 11) is 0. The highest BCUT2D eigenvalue weighted by Gasteiger charge is 2.69. The first kappa shape index (κ1) is 23.6. The molecule has 0 radical (unpaired) electrons. The van der Waals surface area contributed by atoms with Crippen LogP contribution in [0.15, 0.2) is 11.6 Å². The van der Waals surface area contributed by atoms with Gasteiger partial charge in [0.2, 0.25) is 0 Å². The maximum absolute atomic E-state index is 12.9. The summed E-state index contributed by atoms with van der Waals surface area (Å²) >= 11 is 0. The first-order valence-electron chi connectivity index (χ1n) is 13.6. The van der Waals surface area contributed by atoms with Crippen molar-refractivity contribution in [1.29, 1.82) is 0 Å². The van der Waals surface area contributed by atoms with Gasteiger partial charge in [0.1, 0.15) is 5.78 Å². The Balaban J connectivity index is 1.60. The summed E-state index contributed by atoms with van der Waals surface area (Å²) < 4.78 is 0. The first-order valence-corrected chi connectivity index (χ1v) is 13.6. The molecule has 3 nitrogen and oxygen atoms in total. The van der Waals surface area contributed by atoms with E-state index in [4.69, 9.17) is 0 Å². The molecule has 4 saturated carbocycles. The van der Waals surface area contributed by atoms with Gasteiger partial charge in [0.15, 0.2) is 0 Å². The number of carboxylic acids is 1. The predicted molar refractivity (Wildman–Crippen MR) is 132 cm³/mol. The highest BCUT2D eigenvalue weighted by Crippen LogP contribution is 2.75. The van der Waals surface area contributed by atoms with Crippen LogP contribution in [0.1, 0.15) is 113 Å². The lowest BCUT2D eigenvalue weighted by molar-refractivity contribution is -0.189. The Hall–Kier alpha value is -1.12. The molecule has 0 saturated heterocycles. The first-order chi connectivity index (χ1) is 15.1.